The second-order valence-corrected chi connectivity index (χ2v) is 5.72. The van der Waals surface area contributed by atoms with E-state index >= 15 is 0 Å². The highest BCUT2D eigenvalue weighted by Gasteiger charge is 2.40. The first-order chi connectivity index (χ1) is 7.93. The SMILES string of the molecule is C#CC1c2cc(Br)ccc2OCC1C(C)(C)F. The number of halogens is 2. The van der Waals surface area contributed by atoms with Gasteiger partial charge in [-0.15, -0.1) is 6.42 Å². The molecule has 0 bridgehead atoms. The lowest BCUT2D eigenvalue weighted by Gasteiger charge is -2.36. The molecule has 2 rings (SSSR count). The summed E-state index contributed by atoms with van der Waals surface area (Å²) in [6.07, 6.45) is 5.57. The Hall–Kier alpha value is -1.01. The lowest BCUT2D eigenvalue weighted by Crippen LogP contribution is -2.38. The normalized spacial score (nSPS) is 23.5. The fourth-order valence-electron chi connectivity index (χ4n) is 2.19. The number of rotatable bonds is 1. The maximum absolute atomic E-state index is 14.1. The molecule has 0 N–H and O–H groups in total. The van der Waals surface area contributed by atoms with Crippen LogP contribution in [0.4, 0.5) is 4.39 Å². The maximum Gasteiger partial charge on any atom is 0.123 e. The highest BCUT2D eigenvalue weighted by atomic mass is 79.9. The number of ether oxygens (including phenoxy) is 1. The molecule has 90 valence electrons. The van der Waals surface area contributed by atoms with Crippen LogP contribution in [0.3, 0.4) is 0 Å². The quantitative estimate of drug-likeness (QED) is 0.714. The van der Waals surface area contributed by atoms with Crippen molar-refractivity contribution in [2.24, 2.45) is 5.92 Å². The topological polar surface area (TPSA) is 9.23 Å². The van der Waals surface area contributed by atoms with Crippen molar-refractivity contribution in [3.8, 4) is 18.1 Å². The number of benzene rings is 1. The van der Waals surface area contributed by atoms with E-state index in [1.54, 1.807) is 13.8 Å². The first-order valence-corrected chi connectivity index (χ1v) is 6.30. The van der Waals surface area contributed by atoms with E-state index in [-0.39, 0.29) is 11.8 Å². The van der Waals surface area contributed by atoms with Crippen LogP contribution in [0.5, 0.6) is 5.75 Å². The standard InChI is InChI=1S/C14H14BrFO/c1-4-10-11-7-9(15)5-6-13(11)17-8-12(10)14(2,3)16/h1,5-7,10,12H,8H2,2-3H3. The van der Waals surface area contributed by atoms with Crippen LogP contribution in [0.1, 0.15) is 25.3 Å². The molecule has 17 heavy (non-hydrogen) atoms. The van der Waals surface area contributed by atoms with Gasteiger partial charge in [-0.05, 0) is 32.0 Å². The number of hydrogen-bond acceptors (Lipinski definition) is 1. The molecule has 1 aromatic carbocycles. The average Bonchev–Trinajstić information content (AvgIpc) is 2.26. The van der Waals surface area contributed by atoms with Gasteiger partial charge in [-0.25, -0.2) is 4.39 Å². The third-order valence-corrected chi connectivity index (χ3v) is 3.68. The minimum Gasteiger partial charge on any atom is -0.493 e. The van der Waals surface area contributed by atoms with Crippen molar-refractivity contribution in [3.63, 3.8) is 0 Å². The van der Waals surface area contributed by atoms with E-state index in [1.807, 2.05) is 18.2 Å². The van der Waals surface area contributed by atoms with Gasteiger partial charge in [0, 0.05) is 16.0 Å². The molecule has 0 fully saturated rings. The van der Waals surface area contributed by atoms with Crippen molar-refractivity contribution in [2.45, 2.75) is 25.4 Å². The van der Waals surface area contributed by atoms with E-state index in [9.17, 15) is 4.39 Å². The first-order valence-electron chi connectivity index (χ1n) is 5.51. The molecule has 2 atom stereocenters. The zero-order valence-electron chi connectivity index (χ0n) is 9.84. The van der Waals surface area contributed by atoms with E-state index < -0.39 is 5.67 Å². The molecule has 1 aliphatic rings. The van der Waals surface area contributed by atoms with Gasteiger partial charge in [0.15, 0.2) is 0 Å². The monoisotopic (exact) mass is 296 g/mol. The molecule has 0 saturated carbocycles. The minimum absolute atomic E-state index is 0.240. The summed E-state index contributed by atoms with van der Waals surface area (Å²) < 4.78 is 20.6. The van der Waals surface area contributed by atoms with Crippen LogP contribution >= 0.6 is 15.9 Å². The molecule has 2 unspecified atom stereocenters. The summed E-state index contributed by atoms with van der Waals surface area (Å²) in [4.78, 5) is 0. The van der Waals surface area contributed by atoms with Gasteiger partial charge in [0.25, 0.3) is 0 Å². The Kier molecular flexibility index (Phi) is 3.18. The Balaban J connectivity index is 2.47. The number of alkyl halides is 1. The van der Waals surface area contributed by atoms with Crippen LogP contribution in [-0.4, -0.2) is 12.3 Å². The van der Waals surface area contributed by atoms with Gasteiger partial charge in [0.05, 0.1) is 12.5 Å². The molecule has 1 nitrogen and oxygen atoms in total. The van der Waals surface area contributed by atoms with Crippen LogP contribution in [-0.2, 0) is 0 Å². The van der Waals surface area contributed by atoms with Gasteiger partial charge in [0.1, 0.15) is 11.4 Å². The van der Waals surface area contributed by atoms with Crippen molar-refractivity contribution >= 4 is 15.9 Å². The van der Waals surface area contributed by atoms with Crippen LogP contribution in [0.15, 0.2) is 22.7 Å². The summed E-state index contributed by atoms with van der Waals surface area (Å²) in [6.45, 7) is 3.43. The lowest BCUT2D eigenvalue weighted by molar-refractivity contribution is 0.0607. The molecule has 0 aliphatic carbocycles. The molecule has 1 heterocycles. The molecule has 0 spiro atoms. The predicted molar refractivity (Wildman–Crippen MR) is 69.9 cm³/mol. The van der Waals surface area contributed by atoms with Crippen LogP contribution in [0.25, 0.3) is 0 Å². The van der Waals surface area contributed by atoms with Crippen molar-refractivity contribution < 1.29 is 9.13 Å². The minimum atomic E-state index is -1.35. The molecule has 1 aromatic rings. The zero-order chi connectivity index (χ0) is 12.6. The number of hydrogen-bond donors (Lipinski definition) is 0. The summed E-state index contributed by atoms with van der Waals surface area (Å²) in [7, 11) is 0. The first kappa shape index (κ1) is 12.4. The Bertz CT molecular complexity index is 470. The Morgan fingerprint density at radius 3 is 2.82 bits per heavy atom. The van der Waals surface area contributed by atoms with Crippen molar-refractivity contribution in [1.29, 1.82) is 0 Å². The summed E-state index contributed by atoms with van der Waals surface area (Å²) >= 11 is 3.40. The van der Waals surface area contributed by atoms with Gasteiger partial charge in [-0.3, -0.25) is 0 Å². The third-order valence-electron chi connectivity index (χ3n) is 3.19. The van der Waals surface area contributed by atoms with Crippen molar-refractivity contribution in [1.82, 2.24) is 0 Å². The summed E-state index contributed by atoms with van der Waals surface area (Å²) in [6, 6.07) is 5.68. The van der Waals surface area contributed by atoms with Crippen molar-refractivity contribution in [3.05, 3.63) is 28.2 Å². The lowest BCUT2D eigenvalue weighted by atomic mass is 9.77. The van der Waals surface area contributed by atoms with Crippen molar-refractivity contribution in [2.75, 3.05) is 6.61 Å². The van der Waals surface area contributed by atoms with Gasteiger partial charge in [-0.2, -0.15) is 0 Å². The number of fused-ring (bicyclic) bond motifs is 1. The fraction of sp³-hybridized carbons (Fsp3) is 0.429. The second-order valence-electron chi connectivity index (χ2n) is 4.81. The predicted octanol–water partition coefficient (Wildman–Crippen LogP) is 3.92. The Morgan fingerprint density at radius 1 is 1.53 bits per heavy atom. The van der Waals surface area contributed by atoms with Crippen LogP contribution in [0.2, 0.25) is 0 Å². The van der Waals surface area contributed by atoms with Gasteiger partial charge >= 0.3 is 0 Å². The van der Waals surface area contributed by atoms with Crippen LogP contribution in [0, 0.1) is 18.3 Å². The Labute approximate surface area is 109 Å². The third kappa shape index (κ3) is 2.32. The van der Waals surface area contributed by atoms with E-state index in [2.05, 4.69) is 21.9 Å². The average molecular weight is 297 g/mol. The molecule has 0 aromatic heterocycles. The number of terminal acetylenes is 1. The largest absolute Gasteiger partial charge is 0.493 e. The summed E-state index contributed by atoms with van der Waals surface area (Å²) in [5.41, 5.74) is -0.458. The smallest absolute Gasteiger partial charge is 0.123 e. The van der Waals surface area contributed by atoms with Gasteiger partial charge in [0.2, 0.25) is 0 Å². The molecule has 0 radical (unpaired) electrons. The maximum atomic E-state index is 14.1. The second kappa shape index (κ2) is 4.34. The molecule has 0 saturated heterocycles. The summed E-state index contributed by atoms with van der Waals surface area (Å²) in [5, 5.41) is 0. The molecular formula is C14H14BrFO. The molecule has 0 amide bonds. The molecular weight excluding hydrogens is 283 g/mol. The molecule has 3 heteroatoms. The van der Waals surface area contributed by atoms with Gasteiger partial charge in [-0.1, -0.05) is 21.9 Å². The zero-order valence-corrected chi connectivity index (χ0v) is 11.4. The van der Waals surface area contributed by atoms with E-state index in [0.717, 1.165) is 15.8 Å². The van der Waals surface area contributed by atoms with E-state index in [4.69, 9.17) is 11.2 Å². The molecule has 1 aliphatic heterocycles. The fourth-order valence-corrected chi connectivity index (χ4v) is 2.57. The Morgan fingerprint density at radius 2 is 2.24 bits per heavy atom. The van der Waals surface area contributed by atoms with E-state index in [0.29, 0.717) is 6.61 Å². The highest BCUT2D eigenvalue weighted by Crippen LogP contribution is 2.43. The highest BCUT2D eigenvalue weighted by molar-refractivity contribution is 9.10. The van der Waals surface area contributed by atoms with Gasteiger partial charge < -0.3 is 4.74 Å². The van der Waals surface area contributed by atoms with Crippen LogP contribution < -0.4 is 4.74 Å². The van der Waals surface area contributed by atoms with E-state index in [1.165, 1.54) is 0 Å². The summed E-state index contributed by atoms with van der Waals surface area (Å²) in [5.74, 6) is 2.91.